The molecular formula is C24H27NP2. The van der Waals surface area contributed by atoms with Gasteiger partial charge in [0.1, 0.15) is 0 Å². The van der Waals surface area contributed by atoms with Crippen molar-refractivity contribution < 1.29 is 0 Å². The predicted molar refractivity (Wildman–Crippen MR) is 122 cm³/mol. The highest BCUT2D eigenvalue weighted by atomic mass is 31.2. The Labute approximate surface area is 166 Å². The van der Waals surface area contributed by atoms with Crippen molar-refractivity contribution in [2.45, 2.75) is 38.1 Å². The fourth-order valence-corrected chi connectivity index (χ4v) is 8.56. The molecular weight excluding hydrogens is 364 g/mol. The summed E-state index contributed by atoms with van der Waals surface area (Å²) in [5.74, 6) is 0. The third-order valence-corrected chi connectivity index (χ3v) is 9.57. The van der Waals surface area contributed by atoms with Crippen molar-refractivity contribution in [3.8, 4) is 0 Å². The lowest BCUT2D eigenvalue weighted by atomic mass is 9.96. The average Bonchev–Trinajstić information content (AvgIpc) is 2.76. The van der Waals surface area contributed by atoms with Gasteiger partial charge in [-0.15, -0.1) is 0 Å². The molecule has 1 unspecified atom stereocenters. The van der Waals surface area contributed by atoms with Crippen molar-refractivity contribution >= 4 is 32.7 Å². The van der Waals surface area contributed by atoms with Gasteiger partial charge in [0.05, 0.1) is 0 Å². The molecule has 3 aromatic rings. The highest BCUT2D eigenvalue weighted by Crippen LogP contribution is 2.50. The van der Waals surface area contributed by atoms with E-state index in [1.54, 1.807) is 0 Å². The number of nitrogens with zero attached hydrogens (tertiary/aromatic N) is 1. The van der Waals surface area contributed by atoms with Gasteiger partial charge in [-0.1, -0.05) is 110 Å². The van der Waals surface area contributed by atoms with Gasteiger partial charge in [-0.2, -0.15) is 0 Å². The van der Waals surface area contributed by atoms with E-state index >= 15 is 0 Å². The SMILES string of the molecule is c1ccc(PN(C2CCCCC2)P(c2ccccc2)c2ccccc2)cc1. The van der Waals surface area contributed by atoms with Gasteiger partial charge < -0.3 is 0 Å². The molecule has 0 amide bonds. The Morgan fingerprint density at radius 1 is 0.630 bits per heavy atom. The molecule has 27 heavy (non-hydrogen) atoms. The Hall–Kier alpha value is -1.52. The molecule has 0 aromatic heterocycles. The van der Waals surface area contributed by atoms with Crippen molar-refractivity contribution in [3.05, 3.63) is 91.0 Å². The molecule has 0 aliphatic heterocycles. The van der Waals surface area contributed by atoms with Crippen LogP contribution in [0.4, 0.5) is 0 Å². The first-order valence-corrected chi connectivity index (χ1v) is 12.2. The second kappa shape index (κ2) is 9.61. The molecule has 0 N–H and O–H groups in total. The van der Waals surface area contributed by atoms with Gasteiger partial charge in [0.25, 0.3) is 0 Å². The first kappa shape index (κ1) is 18.8. The highest BCUT2D eigenvalue weighted by Gasteiger charge is 2.30. The number of hydrogen-bond donors (Lipinski definition) is 0. The Morgan fingerprint density at radius 2 is 1.11 bits per heavy atom. The van der Waals surface area contributed by atoms with Crippen molar-refractivity contribution in [1.29, 1.82) is 0 Å². The van der Waals surface area contributed by atoms with Gasteiger partial charge >= 0.3 is 0 Å². The molecule has 1 saturated carbocycles. The van der Waals surface area contributed by atoms with Crippen LogP contribution in [-0.4, -0.2) is 10.5 Å². The molecule has 1 aliphatic rings. The highest BCUT2D eigenvalue weighted by molar-refractivity contribution is 7.77. The Bertz CT molecular complexity index is 762. The van der Waals surface area contributed by atoms with E-state index in [1.165, 1.54) is 48.0 Å². The minimum atomic E-state index is -0.515. The van der Waals surface area contributed by atoms with Gasteiger partial charge in [-0.25, -0.2) is 4.44 Å². The van der Waals surface area contributed by atoms with Gasteiger partial charge in [0.15, 0.2) is 0 Å². The molecule has 0 bridgehead atoms. The van der Waals surface area contributed by atoms with Gasteiger partial charge in [-0.3, -0.25) is 0 Å². The third-order valence-electron chi connectivity index (χ3n) is 5.16. The quantitative estimate of drug-likeness (QED) is 0.495. The van der Waals surface area contributed by atoms with Crippen molar-refractivity contribution in [2.24, 2.45) is 0 Å². The zero-order chi connectivity index (χ0) is 18.3. The summed E-state index contributed by atoms with van der Waals surface area (Å²) >= 11 is 0. The summed E-state index contributed by atoms with van der Waals surface area (Å²) in [4.78, 5) is 0. The van der Waals surface area contributed by atoms with E-state index in [4.69, 9.17) is 0 Å². The predicted octanol–water partition coefficient (Wildman–Crippen LogP) is 5.59. The lowest BCUT2D eigenvalue weighted by Crippen LogP contribution is -2.34. The average molecular weight is 391 g/mol. The number of rotatable bonds is 6. The van der Waals surface area contributed by atoms with E-state index in [-0.39, 0.29) is 0 Å². The van der Waals surface area contributed by atoms with Crippen LogP contribution in [0, 0.1) is 0 Å². The molecule has 0 saturated heterocycles. The second-order valence-electron chi connectivity index (χ2n) is 7.10. The maximum absolute atomic E-state index is 2.86. The monoisotopic (exact) mass is 391 g/mol. The van der Waals surface area contributed by atoms with E-state index < -0.39 is 8.07 Å². The van der Waals surface area contributed by atoms with E-state index in [0.717, 1.165) is 8.73 Å². The zero-order valence-corrected chi connectivity index (χ0v) is 17.6. The molecule has 138 valence electrons. The van der Waals surface area contributed by atoms with Crippen LogP contribution in [0.5, 0.6) is 0 Å². The van der Waals surface area contributed by atoms with Crippen molar-refractivity contribution in [3.63, 3.8) is 0 Å². The number of hydrogen-bond acceptors (Lipinski definition) is 1. The first-order chi connectivity index (χ1) is 13.4. The van der Waals surface area contributed by atoms with Crippen LogP contribution in [-0.2, 0) is 0 Å². The first-order valence-electron chi connectivity index (χ1n) is 9.93. The molecule has 4 rings (SSSR count). The van der Waals surface area contributed by atoms with Crippen LogP contribution >= 0.6 is 16.8 Å². The lowest BCUT2D eigenvalue weighted by Gasteiger charge is -2.40. The van der Waals surface area contributed by atoms with E-state index in [2.05, 4.69) is 95.4 Å². The Kier molecular flexibility index (Phi) is 6.70. The smallest absolute Gasteiger partial charge is 0.0321 e. The van der Waals surface area contributed by atoms with Crippen molar-refractivity contribution in [2.75, 3.05) is 0 Å². The molecule has 0 spiro atoms. The normalized spacial score (nSPS) is 15.8. The maximum Gasteiger partial charge on any atom is 0.0321 e. The fourth-order valence-electron chi connectivity index (χ4n) is 3.81. The van der Waals surface area contributed by atoms with Crippen molar-refractivity contribution in [1.82, 2.24) is 4.44 Å². The summed E-state index contributed by atoms with van der Waals surface area (Å²) in [6.07, 6.45) is 6.80. The van der Waals surface area contributed by atoms with E-state index in [9.17, 15) is 0 Å². The third kappa shape index (κ3) is 4.85. The summed E-state index contributed by atoms with van der Waals surface area (Å²) < 4.78 is 2.86. The molecule has 3 heteroatoms. The number of benzene rings is 3. The summed E-state index contributed by atoms with van der Waals surface area (Å²) in [5, 5.41) is 4.38. The Morgan fingerprint density at radius 3 is 1.63 bits per heavy atom. The van der Waals surface area contributed by atoms with Crippen LogP contribution in [0.2, 0.25) is 0 Å². The topological polar surface area (TPSA) is 3.24 Å². The van der Waals surface area contributed by atoms with Gasteiger partial charge in [0, 0.05) is 14.1 Å². The Balaban J connectivity index is 1.75. The largest absolute Gasteiger partial charge is 0.248 e. The molecule has 1 nitrogen and oxygen atoms in total. The molecule has 1 fully saturated rings. The summed E-state index contributed by atoms with van der Waals surface area (Å²) in [6, 6.07) is 34.1. The minimum Gasteiger partial charge on any atom is -0.248 e. The van der Waals surface area contributed by atoms with Crippen LogP contribution in [0.25, 0.3) is 0 Å². The second-order valence-corrected chi connectivity index (χ2v) is 10.8. The summed E-state index contributed by atoms with van der Waals surface area (Å²) in [7, 11) is 0.205. The van der Waals surface area contributed by atoms with E-state index in [1.807, 2.05) is 0 Å². The van der Waals surface area contributed by atoms with Gasteiger partial charge in [-0.05, 0) is 37.5 Å². The summed E-state index contributed by atoms with van der Waals surface area (Å²) in [6.45, 7) is 0. The fraction of sp³-hybridized carbons (Fsp3) is 0.250. The van der Waals surface area contributed by atoms with Crippen LogP contribution in [0.1, 0.15) is 32.1 Å². The van der Waals surface area contributed by atoms with Crippen LogP contribution in [0.15, 0.2) is 91.0 Å². The molecule has 1 atom stereocenters. The molecule has 0 heterocycles. The zero-order valence-electron chi connectivity index (χ0n) is 15.7. The molecule has 0 radical (unpaired) electrons. The van der Waals surface area contributed by atoms with Gasteiger partial charge in [0.2, 0.25) is 0 Å². The lowest BCUT2D eigenvalue weighted by molar-refractivity contribution is 0.357. The van der Waals surface area contributed by atoms with Crippen LogP contribution < -0.4 is 15.9 Å². The summed E-state index contributed by atoms with van der Waals surface area (Å²) in [5.41, 5.74) is 0. The maximum atomic E-state index is 2.86. The standard InChI is InChI=1S/C24H27NP2/c1-5-13-21(14-6-1)25(26-22-15-7-2-8-16-22)27(23-17-9-3-10-18-23)24-19-11-4-12-20-24/h2-4,7-12,15-21,26H,1,5-6,13-14H2. The van der Waals surface area contributed by atoms with E-state index in [0.29, 0.717) is 6.04 Å². The van der Waals surface area contributed by atoms with Crippen LogP contribution in [0.3, 0.4) is 0 Å². The minimum absolute atomic E-state index is 0.515. The molecule has 1 aliphatic carbocycles. The molecule has 3 aromatic carbocycles.